The highest BCUT2D eigenvalue weighted by Gasteiger charge is 2.26. The zero-order valence-electron chi connectivity index (χ0n) is 24.8. The number of halogens is 2. The average Bonchev–Trinajstić information content (AvgIpc) is 3.38. The number of hydroxylamine groups is 1. The Bertz CT molecular complexity index is 2060. The number of fused-ring (bicyclic) bond motifs is 1. The minimum Gasteiger partial charge on any atom is -0.462 e. The number of ether oxygens (including phenoxy) is 1. The van der Waals surface area contributed by atoms with E-state index in [0.717, 1.165) is 32.6 Å². The molecule has 2 aromatic carbocycles. The Hall–Kier alpha value is -5.43. The fraction of sp³-hybridized carbons (Fsp3) is 0.194. The van der Waals surface area contributed by atoms with Crippen molar-refractivity contribution in [1.29, 1.82) is 5.26 Å². The van der Waals surface area contributed by atoms with E-state index in [1.165, 1.54) is 31.4 Å². The number of hydrogen-bond donors (Lipinski definition) is 2. The molecule has 0 radical (unpaired) electrons. The second kappa shape index (κ2) is 13.7. The van der Waals surface area contributed by atoms with Crippen molar-refractivity contribution in [2.75, 3.05) is 33.1 Å². The minimum absolute atomic E-state index is 0.00421. The van der Waals surface area contributed by atoms with Gasteiger partial charge >= 0.3 is 11.7 Å². The molecule has 0 fully saturated rings. The maximum atomic E-state index is 14.9. The van der Waals surface area contributed by atoms with Gasteiger partial charge in [0, 0.05) is 28.7 Å². The van der Waals surface area contributed by atoms with Gasteiger partial charge in [0.25, 0.3) is 5.56 Å². The number of anilines is 1. The molecule has 0 unspecified atom stereocenters. The number of benzene rings is 2. The van der Waals surface area contributed by atoms with Crippen LogP contribution < -0.4 is 26.8 Å². The molecule has 0 aliphatic heterocycles. The summed E-state index contributed by atoms with van der Waals surface area (Å²) in [7, 11) is 4.94. The van der Waals surface area contributed by atoms with Gasteiger partial charge < -0.3 is 15.0 Å². The van der Waals surface area contributed by atoms with E-state index in [4.69, 9.17) is 10.00 Å². The zero-order chi connectivity index (χ0) is 33.0. The van der Waals surface area contributed by atoms with Crippen LogP contribution in [0.4, 0.5) is 19.3 Å². The van der Waals surface area contributed by atoms with Crippen molar-refractivity contribution in [1.82, 2.24) is 24.5 Å². The topological polar surface area (TPSA) is 144 Å². The minimum atomic E-state index is -0.877. The predicted molar refractivity (Wildman–Crippen MR) is 168 cm³/mol. The van der Waals surface area contributed by atoms with Gasteiger partial charge in [-0.15, -0.1) is 11.3 Å². The fourth-order valence-corrected chi connectivity index (χ4v) is 6.12. The molecule has 3 aromatic heterocycles. The van der Waals surface area contributed by atoms with E-state index < -0.39 is 35.5 Å². The van der Waals surface area contributed by atoms with Gasteiger partial charge in [-0.3, -0.25) is 14.2 Å². The van der Waals surface area contributed by atoms with Crippen molar-refractivity contribution in [2.24, 2.45) is 0 Å². The molecule has 236 valence electrons. The number of amides is 2. The van der Waals surface area contributed by atoms with Crippen LogP contribution in [0.2, 0.25) is 0 Å². The van der Waals surface area contributed by atoms with Crippen molar-refractivity contribution in [3.05, 3.63) is 104 Å². The van der Waals surface area contributed by atoms with Gasteiger partial charge in [0.05, 0.1) is 19.0 Å². The van der Waals surface area contributed by atoms with E-state index in [2.05, 4.69) is 20.6 Å². The van der Waals surface area contributed by atoms with E-state index in [1.54, 1.807) is 24.3 Å². The predicted octanol–water partition coefficient (Wildman–Crippen LogP) is 4.25. The first-order valence-corrected chi connectivity index (χ1v) is 14.5. The average molecular weight is 648 g/mol. The van der Waals surface area contributed by atoms with Crippen molar-refractivity contribution in [3.63, 3.8) is 0 Å². The zero-order valence-corrected chi connectivity index (χ0v) is 25.7. The largest absolute Gasteiger partial charge is 0.462 e. The molecule has 5 rings (SSSR count). The summed E-state index contributed by atoms with van der Waals surface area (Å²) < 4.78 is 37.1. The van der Waals surface area contributed by atoms with E-state index in [1.807, 2.05) is 25.1 Å². The number of rotatable bonds is 10. The van der Waals surface area contributed by atoms with Gasteiger partial charge in [-0.05, 0) is 55.6 Å². The summed E-state index contributed by atoms with van der Waals surface area (Å²) in [5.74, 6) is -1.80. The van der Waals surface area contributed by atoms with E-state index >= 15 is 0 Å². The number of nitrogens with one attached hydrogen (secondary N) is 2. The van der Waals surface area contributed by atoms with Crippen molar-refractivity contribution in [3.8, 4) is 28.2 Å². The molecule has 5 aromatic rings. The smallest absolute Gasteiger partial charge is 0.343 e. The van der Waals surface area contributed by atoms with Crippen LogP contribution in [-0.4, -0.2) is 52.9 Å². The first kappa shape index (κ1) is 32.0. The Morgan fingerprint density at radius 3 is 2.39 bits per heavy atom. The molecule has 0 atom stereocenters. The number of carbonyl (C=O) groups excluding carboxylic acids is 1. The van der Waals surface area contributed by atoms with Crippen LogP contribution in [0.15, 0.2) is 70.3 Å². The van der Waals surface area contributed by atoms with E-state index in [0.29, 0.717) is 21.7 Å². The molecular weight excluding hydrogens is 620 g/mol. The Morgan fingerprint density at radius 2 is 1.74 bits per heavy atom. The SMILES string of the molecule is CONC(=O)Nc1ccc(-c2sc3c(c2CN(C)C)c(=O)n(-c2cccc(OCC#N)n2)c(=O)n3Cc2c(F)cccc2F)cc1. The highest BCUT2D eigenvalue weighted by molar-refractivity contribution is 7.22. The normalized spacial score (nSPS) is 11.1. The van der Waals surface area contributed by atoms with Crippen LogP contribution in [0.5, 0.6) is 5.88 Å². The number of carbonyl (C=O) groups is 1. The lowest BCUT2D eigenvalue weighted by molar-refractivity contribution is 0.114. The van der Waals surface area contributed by atoms with Crippen LogP contribution in [0.3, 0.4) is 0 Å². The number of nitrogens with zero attached hydrogens (tertiary/aromatic N) is 5. The van der Waals surface area contributed by atoms with Crippen molar-refractivity contribution in [2.45, 2.75) is 13.1 Å². The summed E-state index contributed by atoms with van der Waals surface area (Å²) in [6.07, 6.45) is 0. The molecule has 0 bridgehead atoms. The number of urea groups is 1. The van der Waals surface area contributed by atoms with Crippen LogP contribution in [0.25, 0.3) is 26.5 Å². The second-order valence-corrected chi connectivity index (χ2v) is 11.2. The Balaban J connectivity index is 1.79. The van der Waals surface area contributed by atoms with Gasteiger partial charge in [0.15, 0.2) is 6.61 Å². The highest BCUT2D eigenvalue weighted by atomic mass is 32.1. The summed E-state index contributed by atoms with van der Waals surface area (Å²) in [6, 6.07) is 15.8. The molecule has 46 heavy (non-hydrogen) atoms. The summed E-state index contributed by atoms with van der Waals surface area (Å²) in [4.78, 5) is 51.9. The number of aromatic nitrogens is 3. The van der Waals surface area contributed by atoms with Gasteiger partial charge in [-0.2, -0.15) is 10.2 Å². The number of hydrogen-bond acceptors (Lipinski definition) is 9. The third-order valence-electron chi connectivity index (χ3n) is 6.75. The molecule has 0 aliphatic rings. The van der Waals surface area contributed by atoms with Crippen LogP contribution >= 0.6 is 11.3 Å². The Kier molecular flexibility index (Phi) is 9.52. The van der Waals surface area contributed by atoms with Gasteiger partial charge in [0.1, 0.15) is 28.4 Å². The third kappa shape index (κ3) is 6.49. The highest BCUT2D eigenvalue weighted by Crippen LogP contribution is 2.38. The van der Waals surface area contributed by atoms with Crippen molar-refractivity contribution >= 4 is 33.3 Å². The van der Waals surface area contributed by atoms with E-state index in [9.17, 15) is 23.2 Å². The first-order valence-electron chi connectivity index (χ1n) is 13.7. The molecule has 0 saturated heterocycles. The molecule has 0 aliphatic carbocycles. The van der Waals surface area contributed by atoms with Crippen molar-refractivity contribution < 1.29 is 23.1 Å². The molecule has 0 spiro atoms. The first-order chi connectivity index (χ1) is 22.1. The standard InChI is InChI=1S/C31H27F2N7O5S/c1-38(2)16-21-26-28(41)40(24-8-5-9-25(36-24)45-15-14-34)31(43)39(17-20-22(32)6-4-7-23(20)33)29(26)46-27(21)18-10-12-19(13-11-18)35-30(42)37-44-3/h4-13H,15-17H2,1-3H3,(H2,35,37,42). The van der Waals surface area contributed by atoms with Crippen LogP contribution in [-0.2, 0) is 17.9 Å². The third-order valence-corrected chi connectivity index (χ3v) is 8.05. The lowest BCUT2D eigenvalue weighted by Crippen LogP contribution is -2.39. The van der Waals surface area contributed by atoms with Gasteiger partial charge in [-0.25, -0.2) is 28.4 Å². The fourth-order valence-electron chi connectivity index (χ4n) is 4.82. The number of thiophene rings is 1. The molecule has 2 amide bonds. The molecule has 12 nitrogen and oxygen atoms in total. The summed E-state index contributed by atoms with van der Waals surface area (Å²) in [5, 5.41) is 11.7. The quantitative estimate of drug-likeness (QED) is 0.214. The Labute approximate surface area is 264 Å². The van der Waals surface area contributed by atoms with Crippen LogP contribution in [0.1, 0.15) is 11.1 Å². The van der Waals surface area contributed by atoms with Gasteiger partial charge in [-0.1, -0.05) is 24.3 Å². The number of nitriles is 1. The maximum Gasteiger partial charge on any atom is 0.343 e. The lowest BCUT2D eigenvalue weighted by Gasteiger charge is -2.15. The lowest BCUT2D eigenvalue weighted by atomic mass is 10.1. The number of pyridine rings is 1. The maximum absolute atomic E-state index is 14.9. The molecule has 2 N–H and O–H groups in total. The Morgan fingerprint density at radius 1 is 1.04 bits per heavy atom. The molecule has 15 heteroatoms. The molecular formula is C31H27F2N7O5S. The summed E-state index contributed by atoms with van der Waals surface area (Å²) in [5.41, 5.74) is 1.94. The van der Waals surface area contributed by atoms with E-state index in [-0.39, 0.29) is 40.6 Å². The summed E-state index contributed by atoms with van der Waals surface area (Å²) >= 11 is 1.13. The summed E-state index contributed by atoms with van der Waals surface area (Å²) in [6.45, 7) is -0.559. The monoisotopic (exact) mass is 647 g/mol. The van der Waals surface area contributed by atoms with Crippen LogP contribution in [0, 0.1) is 23.0 Å². The second-order valence-electron chi connectivity index (χ2n) is 10.2. The molecule has 3 heterocycles. The molecule has 0 saturated carbocycles. The van der Waals surface area contributed by atoms with Gasteiger partial charge in [0.2, 0.25) is 5.88 Å².